The molecule has 11 aromatic rings. The number of nitrogens with zero attached hydrogens (tertiary/aromatic N) is 1. The lowest BCUT2D eigenvalue weighted by Crippen LogP contribution is -2.11. The Labute approximate surface area is 344 Å². The highest BCUT2D eigenvalue weighted by Crippen LogP contribution is 2.46. The standard InChI is InChI=1S/C58H39N/c1-2-14-41(15-3-1)51-20-8-9-21-54(51)55-22-10-11-23-56(55)57-24-12-13-25-58(57)59(48-35-37-53-46(39-48)29-27-43-17-5-7-19-50(43)53)47-33-30-40(31-34-47)44-32-36-52-45(38-44)28-26-42-16-4-6-18-49(42)52/h1-39H. The molecule has 0 saturated carbocycles. The average molecular weight is 750 g/mol. The maximum Gasteiger partial charge on any atom is 0.0540 e. The Morgan fingerprint density at radius 3 is 1.34 bits per heavy atom. The largest absolute Gasteiger partial charge is 0.310 e. The van der Waals surface area contributed by atoms with Gasteiger partial charge in [0.15, 0.2) is 0 Å². The average Bonchev–Trinajstić information content (AvgIpc) is 3.32. The van der Waals surface area contributed by atoms with E-state index in [1.54, 1.807) is 0 Å². The van der Waals surface area contributed by atoms with E-state index in [1.807, 2.05) is 0 Å². The summed E-state index contributed by atoms with van der Waals surface area (Å²) in [6.07, 6.45) is 0. The molecule has 0 aromatic heterocycles. The summed E-state index contributed by atoms with van der Waals surface area (Å²) in [5.41, 5.74) is 12.9. The van der Waals surface area contributed by atoms with Crippen molar-refractivity contribution in [3.8, 4) is 44.5 Å². The summed E-state index contributed by atoms with van der Waals surface area (Å²) in [6.45, 7) is 0. The third kappa shape index (κ3) is 6.21. The van der Waals surface area contributed by atoms with Gasteiger partial charge in [0.2, 0.25) is 0 Å². The maximum absolute atomic E-state index is 2.43. The fraction of sp³-hybridized carbons (Fsp3) is 0. The predicted molar refractivity (Wildman–Crippen MR) is 253 cm³/mol. The van der Waals surface area contributed by atoms with E-state index in [9.17, 15) is 0 Å². The van der Waals surface area contributed by atoms with E-state index in [0.717, 1.165) is 22.6 Å². The summed E-state index contributed by atoms with van der Waals surface area (Å²) in [7, 11) is 0. The van der Waals surface area contributed by atoms with Gasteiger partial charge in [-0.25, -0.2) is 0 Å². The Balaban J connectivity index is 1.07. The SMILES string of the molecule is c1ccc(-c2ccccc2-c2ccccc2-c2ccccc2N(c2ccc(-c3ccc4c(ccc5ccccc54)c3)cc2)c2ccc3c(ccc4ccccc43)c2)cc1. The first-order chi connectivity index (χ1) is 29.3. The highest BCUT2D eigenvalue weighted by atomic mass is 15.1. The first-order valence-electron chi connectivity index (χ1n) is 20.3. The molecule has 11 aromatic carbocycles. The lowest BCUT2D eigenvalue weighted by Gasteiger charge is -2.29. The zero-order valence-electron chi connectivity index (χ0n) is 32.5. The molecule has 0 N–H and O–H groups in total. The minimum absolute atomic E-state index is 1.09. The van der Waals surface area contributed by atoms with Gasteiger partial charge >= 0.3 is 0 Å². The molecule has 11 rings (SSSR count). The minimum atomic E-state index is 1.09. The predicted octanol–water partition coefficient (Wildman–Crippen LogP) is 16.4. The van der Waals surface area contributed by atoms with Gasteiger partial charge in [-0.1, -0.05) is 200 Å². The number of fused-ring (bicyclic) bond motifs is 6. The molecule has 276 valence electrons. The Morgan fingerprint density at radius 2 is 0.661 bits per heavy atom. The Kier molecular flexibility index (Phi) is 8.56. The second-order valence-electron chi connectivity index (χ2n) is 15.3. The van der Waals surface area contributed by atoms with Gasteiger partial charge in [-0.2, -0.15) is 0 Å². The van der Waals surface area contributed by atoms with Crippen LogP contribution in [-0.4, -0.2) is 0 Å². The molecule has 0 aliphatic rings. The van der Waals surface area contributed by atoms with Crippen molar-refractivity contribution in [2.45, 2.75) is 0 Å². The number of hydrogen-bond acceptors (Lipinski definition) is 1. The van der Waals surface area contributed by atoms with Gasteiger partial charge in [0.1, 0.15) is 0 Å². The number of benzene rings is 11. The second-order valence-corrected chi connectivity index (χ2v) is 15.3. The van der Waals surface area contributed by atoms with Gasteiger partial charge in [0.05, 0.1) is 5.69 Å². The van der Waals surface area contributed by atoms with Crippen LogP contribution in [0.25, 0.3) is 87.6 Å². The summed E-state index contributed by atoms with van der Waals surface area (Å²) in [5.74, 6) is 0. The van der Waals surface area contributed by atoms with Crippen molar-refractivity contribution >= 4 is 60.2 Å². The van der Waals surface area contributed by atoms with Crippen LogP contribution < -0.4 is 4.90 Å². The van der Waals surface area contributed by atoms with E-state index in [0.29, 0.717) is 0 Å². The van der Waals surface area contributed by atoms with Crippen LogP contribution in [-0.2, 0) is 0 Å². The molecule has 0 atom stereocenters. The fourth-order valence-electron chi connectivity index (χ4n) is 9.00. The van der Waals surface area contributed by atoms with Crippen molar-refractivity contribution in [1.82, 2.24) is 0 Å². The first kappa shape index (κ1) is 34.5. The summed E-state index contributed by atoms with van der Waals surface area (Å²) in [4.78, 5) is 2.43. The normalized spacial score (nSPS) is 11.4. The number of para-hydroxylation sites is 1. The van der Waals surface area contributed by atoms with E-state index < -0.39 is 0 Å². The molecular weight excluding hydrogens is 711 g/mol. The Hall–Kier alpha value is -7.74. The Bertz CT molecular complexity index is 3320. The van der Waals surface area contributed by atoms with Crippen molar-refractivity contribution in [3.05, 3.63) is 237 Å². The van der Waals surface area contributed by atoms with E-state index in [2.05, 4.69) is 241 Å². The minimum Gasteiger partial charge on any atom is -0.310 e. The van der Waals surface area contributed by atoms with Gasteiger partial charge in [0, 0.05) is 16.9 Å². The van der Waals surface area contributed by atoms with Crippen LogP contribution in [0, 0.1) is 0 Å². The molecule has 0 aliphatic carbocycles. The number of rotatable bonds is 7. The molecule has 0 radical (unpaired) electrons. The lowest BCUT2D eigenvalue weighted by molar-refractivity contribution is 1.29. The molecule has 0 bridgehead atoms. The fourth-order valence-corrected chi connectivity index (χ4v) is 9.00. The molecule has 59 heavy (non-hydrogen) atoms. The molecule has 1 nitrogen and oxygen atoms in total. The van der Waals surface area contributed by atoms with Gasteiger partial charge in [0.25, 0.3) is 0 Å². The van der Waals surface area contributed by atoms with Crippen LogP contribution in [0.2, 0.25) is 0 Å². The van der Waals surface area contributed by atoms with Crippen LogP contribution in [0.15, 0.2) is 237 Å². The van der Waals surface area contributed by atoms with Crippen LogP contribution in [0.1, 0.15) is 0 Å². The third-order valence-electron chi connectivity index (χ3n) is 11.9. The van der Waals surface area contributed by atoms with E-state index in [-0.39, 0.29) is 0 Å². The van der Waals surface area contributed by atoms with Crippen LogP contribution in [0.3, 0.4) is 0 Å². The van der Waals surface area contributed by atoms with E-state index >= 15 is 0 Å². The summed E-state index contributed by atoms with van der Waals surface area (Å²) < 4.78 is 0. The van der Waals surface area contributed by atoms with Crippen LogP contribution in [0.5, 0.6) is 0 Å². The summed E-state index contributed by atoms with van der Waals surface area (Å²) in [5, 5.41) is 10.1. The monoisotopic (exact) mass is 749 g/mol. The molecule has 0 saturated heterocycles. The topological polar surface area (TPSA) is 3.24 Å². The van der Waals surface area contributed by atoms with Gasteiger partial charge in [-0.15, -0.1) is 0 Å². The van der Waals surface area contributed by atoms with Crippen molar-refractivity contribution in [1.29, 1.82) is 0 Å². The van der Waals surface area contributed by atoms with Gasteiger partial charge in [-0.3, -0.25) is 0 Å². The van der Waals surface area contributed by atoms with E-state index in [4.69, 9.17) is 0 Å². The highest BCUT2D eigenvalue weighted by Gasteiger charge is 2.21. The van der Waals surface area contributed by atoms with Gasteiger partial charge < -0.3 is 4.90 Å². The summed E-state index contributed by atoms with van der Waals surface area (Å²) >= 11 is 0. The number of hydrogen-bond donors (Lipinski definition) is 0. The molecule has 0 fully saturated rings. The zero-order valence-corrected chi connectivity index (χ0v) is 32.5. The molecule has 1 heteroatoms. The Morgan fingerprint density at radius 1 is 0.220 bits per heavy atom. The molecule has 0 spiro atoms. The maximum atomic E-state index is 2.43. The quantitative estimate of drug-likeness (QED) is 0.147. The van der Waals surface area contributed by atoms with Crippen molar-refractivity contribution in [2.75, 3.05) is 4.90 Å². The van der Waals surface area contributed by atoms with E-state index in [1.165, 1.54) is 82.0 Å². The zero-order chi connectivity index (χ0) is 39.1. The van der Waals surface area contributed by atoms with Gasteiger partial charge in [-0.05, 0) is 118 Å². The highest BCUT2D eigenvalue weighted by molar-refractivity contribution is 6.10. The smallest absolute Gasteiger partial charge is 0.0540 e. The van der Waals surface area contributed by atoms with Crippen molar-refractivity contribution in [2.24, 2.45) is 0 Å². The first-order valence-corrected chi connectivity index (χ1v) is 20.3. The second kappa shape index (κ2) is 14.6. The summed E-state index contributed by atoms with van der Waals surface area (Å²) in [6, 6.07) is 86.3. The molecule has 0 aliphatic heterocycles. The molecular formula is C58H39N. The van der Waals surface area contributed by atoms with Crippen LogP contribution >= 0.6 is 0 Å². The third-order valence-corrected chi connectivity index (χ3v) is 11.9. The molecule has 0 amide bonds. The lowest BCUT2D eigenvalue weighted by atomic mass is 9.88. The van der Waals surface area contributed by atoms with Crippen LogP contribution in [0.4, 0.5) is 17.1 Å². The van der Waals surface area contributed by atoms with Crippen molar-refractivity contribution < 1.29 is 0 Å². The van der Waals surface area contributed by atoms with Crippen molar-refractivity contribution in [3.63, 3.8) is 0 Å². The molecule has 0 unspecified atom stereocenters. The molecule has 0 heterocycles. The number of anilines is 3.